The molecule has 1 heterocycles. The van der Waals surface area contributed by atoms with Gasteiger partial charge in [-0.15, -0.1) is 0 Å². The second-order valence-corrected chi connectivity index (χ2v) is 6.11. The van der Waals surface area contributed by atoms with Crippen LogP contribution in [-0.4, -0.2) is 18.2 Å². The molecule has 2 rings (SSSR count). The van der Waals surface area contributed by atoms with Gasteiger partial charge in [0.05, 0.1) is 10.4 Å². The predicted octanol–water partition coefficient (Wildman–Crippen LogP) is 2.06. The van der Waals surface area contributed by atoms with Gasteiger partial charge in [-0.1, -0.05) is 6.92 Å². The van der Waals surface area contributed by atoms with Crippen LogP contribution in [0.2, 0.25) is 0 Å². The molecule has 86 valence electrons. The zero-order valence-electron chi connectivity index (χ0n) is 8.94. The van der Waals surface area contributed by atoms with E-state index in [4.69, 9.17) is 10.7 Å². The Balaban J connectivity index is 2.74. The van der Waals surface area contributed by atoms with Crippen molar-refractivity contribution in [2.75, 3.05) is 0 Å². The average molecular weight is 259 g/mol. The van der Waals surface area contributed by atoms with Crippen LogP contribution in [0.1, 0.15) is 12.6 Å². The third-order valence-electron chi connectivity index (χ3n) is 2.54. The fraction of sp³-hybridized carbons (Fsp3) is 0.300. The summed E-state index contributed by atoms with van der Waals surface area (Å²) in [6.45, 7) is 2.03. The number of hydrogen-bond donors (Lipinski definition) is 0. The molecule has 1 aromatic carbocycles. The first-order valence-electron chi connectivity index (χ1n) is 4.83. The van der Waals surface area contributed by atoms with Crippen molar-refractivity contribution in [1.82, 2.24) is 9.78 Å². The van der Waals surface area contributed by atoms with Crippen LogP contribution in [0.25, 0.3) is 10.9 Å². The quantitative estimate of drug-likeness (QED) is 0.775. The number of fused-ring (bicyclic) bond motifs is 1. The van der Waals surface area contributed by atoms with E-state index in [9.17, 15) is 8.42 Å². The minimum atomic E-state index is -3.68. The first-order valence-corrected chi connectivity index (χ1v) is 7.14. The Bertz CT molecular complexity index is 646. The van der Waals surface area contributed by atoms with E-state index in [1.165, 1.54) is 12.1 Å². The van der Waals surface area contributed by atoms with Gasteiger partial charge in [-0.05, 0) is 24.6 Å². The number of rotatable bonds is 2. The average Bonchev–Trinajstić information content (AvgIpc) is 2.50. The van der Waals surface area contributed by atoms with E-state index in [0.29, 0.717) is 5.52 Å². The van der Waals surface area contributed by atoms with Crippen molar-refractivity contribution in [3.8, 4) is 0 Å². The zero-order valence-corrected chi connectivity index (χ0v) is 10.5. The van der Waals surface area contributed by atoms with Gasteiger partial charge in [0.1, 0.15) is 0 Å². The third-order valence-corrected chi connectivity index (χ3v) is 3.90. The molecule has 0 atom stereocenters. The number of halogens is 1. The molecule has 6 heteroatoms. The van der Waals surface area contributed by atoms with E-state index in [1.807, 2.05) is 14.0 Å². The Kier molecular flexibility index (Phi) is 2.67. The van der Waals surface area contributed by atoms with Crippen molar-refractivity contribution in [1.29, 1.82) is 0 Å². The molecule has 2 aromatic rings. The van der Waals surface area contributed by atoms with Crippen molar-refractivity contribution in [2.24, 2.45) is 7.05 Å². The second kappa shape index (κ2) is 3.75. The molecule has 0 amide bonds. The van der Waals surface area contributed by atoms with E-state index >= 15 is 0 Å². The van der Waals surface area contributed by atoms with Gasteiger partial charge >= 0.3 is 0 Å². The van der Waals surface area contributed by atoms with E-state index in [0.717, 1.165) is 17.5 Å². The van der Waals surface area contributed by atoms with Crippen molar-refractivity contribution >= 4 is 30.6 Å². The van der Waals surface area contributed by atoms with Crippen LogP contribution < -0.4 is 0 Å². The number of hydrogen-bond acceptors (Lipinski definition) is 3. The molecule has 0 aliphatic rings. The van der Waals surface area contributed by atoms with E-state index in [2.05, 4.69) is 5.10 Å². The largest absolute Gasteiger partial charge is 0.271 e. The lowest BCUT2D eigenvalue weighted by molar-refractivity contribution is 0.609. The Labute approximate surface area is 98.2 Å². The van der Waals surface area contributed by atoms with Crippen LogP contribution in [0.15, 0.2) is 23.1 Å². The second-order valence-electron chi connectivity index (χ2n) is 3.54. The lowest BCUT2D eigenvalue weighted by Crippen LogP contribution is -1.95. The molecule has 0 bridgehead atoms. The lowest BCUT2D eigenvalue weighted by Gasteiger charge is -1.97. The first kappa shape index (κ1) is 11.4. The number of aryl methyl sites for hydroxylation is 2. The molecular formula is C10H11ClN2O2S. The summed E-state index contributed by atoms with van der Waals surface area (Å²) in [5.74, 6) is 0. The summed E-state index contributed by atoms with van der Waals surface area (Å²) in [5.41, 5.74) is 1.73. The van der Waals surface area contributed by atoms with Crippen molar-refractivity contribution in [2.45, 2.75) is 18.2 Å². The minimum absolute atomic E-state index is 0.0856. The highest BCUT2D eigenvalue weighted by Crippen LogP contribution is 2.23. The van der Waals surface area contributed by atoms with Crippen LogP contribution in [0, 0.1) is 0 Å². The van der Waals surface area contributed by atoms with Crippen molar-refractivity contribution in [3.63, 3.8) is 0 Å². The number of aromatic nitrogens is 2. The SMILES string of the molecule is CCc1c2ccc(S(=O)(=O)Cl)cc2nn1C. The summed E-state index contributed by atoms with van der Waals surface area (Å²) >= 11 is 0. The van der Waals surface area contributed by atoms with E-state index in [1.54, 1.807) is 10.7 Å². The molecule has 0 saturated carbocycles. The summed E-state index contributed by atoms with van der Waals surface area (Å²) in [6, 6.07) is 4.75. The third kappa shape index (κ3) is 1.81. The highest BCUT2D eigenvalue weighted by molar-refractivity contribution is 8.13. The van der Waals surface area contributed by atoms with Crippen LogP contribution >= 0.6 is 10.7 Å². The maximum atomic E-state index is 11.2. The molecule has 16 heavy (non-hydrogen) atoms. The van der Waals surface area contributed by atoms with Crippen LogP contribution in [0.4, 0.5) is 0 Å². The Morgan fingerprint density at radius 3 is 2.69 bits per heavy atom. The van der Waals surface area contributed by atoms with Gasteiger partial charge in [0.2, 0.25) is 0 Å². The summed E-state index contributed by atoms with van der Waals surface area (Å²) in [7, 11) is 3.44. The molecule has 0 spiro atoms. The van der Waals surface area contributed by atoms with E-state index in [-0.39, 0.29) is 4.90 Å². The molecule has 0 aliphatic carbocycles. The lowest BCUT2D eigenvalue weighted by atomic mass is 10.2. The van der Waals surface area contributed by atoms with Gasteiger partial charge in [-0.3, -0.25) is 4.68 Å². The normalized spacial score (nSPS) is 12.2. The summed E-state index contributed by atoms with van der Waals surface area (Å²) in [6.07, 6.45) is 0.847. The van der Waals surface area contributed by atoms with Crippen molar-refractivity contribution in [3.05, 3.63) is 23.9 Å². The fourth-order valence-corrected chi connectivity index (χ4v) is 2.58. The van der Waals surface area contributed by atoms with Gasteiger partial charge < -0.3 is 0 Å². The molecule has 0 saturated heterocycles. The van der Waals surface area contributed by atoms with E-state index < -0.39 is 9.05 Å². The number of nitrogens with zero attached hydrogens (tertiary/aromatic N) is 2. The molecule has 0 unspecified atom stereocenters. The summed E-state index contributed by atoms with van der Waals surface area (Å²) in [4.78, 5) is 0.0856. The van der Waals surface area contributed by atoms with Crippen molar-refractivity contribution < 1.29 is 8.42 Å². The van der Waals surface area contributed by atoms with Gasteiger partial charge in [0.15, 0.2) is 0 Å². The Morgan fingerprint density at radius 2 is 2.12 bits per heavy atom. The minimum Gasteiger partial charge on any atom is -0.271 e. The maximum Gasteiger partial charge on any atom is 0.261 e. The Morgan fingerprint density at radius 1 is 1.44 bits per heavy atom. The topological polar surface area (TPSA) is 52.0 Å². The monoisotopic (exact) mass is 258 g/mol. The molecule has 0 aliphatic heterocycles. The maximum absolute atomic E-state index is 11.2. The summed E-state index contributed by atoms with van der Waals surface area (Å²) in [5, 5.41) is 5.22. The highest BCUT2D eigenvalue weighted by atomic mass is 35.7. The fourth-order valence-electron chi connectivity index (χ4n) is 1.81. The molecule has 0 radical (unpaired) electrons. The summed E-state index contributed by atoms with van der Waals surface area (Å²) < 4.78 is 24.1. The molecule has 4 nitrogen and oxygen atoms in total. The van der Waals surface area contributed by atoms with Gasteiger partial charge in [-0.2, -0.15) is 5.10 Å². The standard InChI is InChI=1S/C10H11ClN2O2S/c1-3-10-8-5-4-7(16(11,14)15)6-9(8)12-13(10)2/h4-6H,3H2,1-2H3. The van der Waals surface area contributed by atoms with Gasteiger partial charge in [0, 0.05) is 28.8 Å². The number of benzene rings is 1. The van der Waals surface area contributed by atoms with Crippen LogP contribution in [-0.2, 0) is 22.5 Å². The first-order chi connectivity index (χ1) is 7.43. The molecule has 0 N–H and O–H groups in total. The highest BCUT2D eigenvalue weighted by Gasteiger charge is 2.13. The zero-order chi connectivity index (χ0) is 11.9. The van der Waals surface area contributed by atoms with Gasteiger partial charge in [0.25, 0.3) is 9.05 Å². The van der Waals surface area contributed by atoms with Crippen LogP contribution in [0.5, 0.6) is 0 Å². The Hall–Kier alpha value is -1.07. The molecule has 1 aromatic heterocycles. The van der Waals surface area contributed by atoms with Gasteiger partial charge in [-0.25, -0.2) is 8.42 Å². The molecular weight excluding hydrogens is 248 g/mol. The molecule has 0 fully saturated rings. The van der Waals surface area contributed by atoms with Crippen LogP contribution in [0.3, 0.4) is 0 Å². The smallest absolute Gasteiger partial charge is 0.261 e. The predicted molar refractivity (Wildman–Crippen MR) is 63.1 cm³/mol.